The zero-order valence-electron chi connectivity index (χ0n) is 17.7. The Balaban J connectivity index is 1.60. The number of benzene rings is 2. The molecule has 1 saturated heterocycles. The number of hydrogen-bond acceptors (Lipinski definition) is 6. The molecule has 8 nitrogen and oxygen atoms in total. The first-order chi connectivity index (χ1) is 14.8. The van der Waals surface area contributed by atoms with Crippen molar-refractivity contribution in [2.75, 3.05) is 34.3 Å². The number of carbonyl (C=O) groups is 1. The van der Waals surface area contributed by atoms with E-state index in [0.29, 0.717) is 24.5 Å². The Bertz CT molecular complexity index is 1190. The summed E-state index contributed by atoms with van der Waals surface area (Å²) in [6, 6.07) is 12.1. The van der Waals surface area contributed by atoms with Crippen LogP contribution in [0.5, 0.6) is 5.75 Å². The number of amides is 1. The molecule has 1 aromatic heterocycles. The lowest BCUT2D eigenvalue weighted by Gasteiger charge is -2.31. The summed E-state index contributed by atoms with van der Waals surface area (Å²) in [6.07, 6.45) is 1.69. The van der Waals surface area contributed by atoms with Crippen LogP contribution in [0.4, 0.5) is 0 Å². The third-order valence-corrected chi connectivity index (χ3v) is 7.37. The van der Waals surface area contributed by atoms with E-state index in [0.717, 1.165) is 28.2 Å². The van der Waals surface area contributed by atoms with Gasteiger partial charge in [-0.1, -0.05) is 12.1 Å². The molecule has 1 aliphatic heterocycles. The molecule has 164 valence electrons. The molecule has 1 amide bonds. The van der Waals surface area contributed by atoms with Gasteiger partial charge in [-0.2, -0.15) is 0 Å². The SMILES string of the molecule is COc1ccc(C(=O)N2CCCC(c3nc4ccccc4o3)C2)cc1S(=O)(=O)N(C)C. The van der Waals surface area contributed by atoms with E-state index < -0.39 is 10.0 Å². The molecule has 0 radical (unpaired) electrons. The summed E-state index contributed by atoms with van der Waals surface area (Å²) in [5.74, 6) is 0.601. The van der Waals surface area contributed by atoms with Crippen LogP contribution in [0.15, 0.2) is 51.8 Å². The molecule has 0 bridgehead atoms. The second-order valence-corrected chi connectivity index (χ2v) is 9.88. The Kier molecular flexibility index (Phi) is 5.72. The van der Waals surface area contributed by atoms with Crippen molar-refractivity contribution in [3.05, 3.63) is 53.9 Å². The normalized spacial score (nSPS) is 17.3. The van der Waals surface area contributed by atoms with Gasteiger partial charge in [-0.05, 0) is 43.2 Å². The van der Waals surface area contributed by atoms with Crippen molar-refractivity contribution in [2.24, 2.45) is 0 Å². The van der Waals surface area contributed by atoms with E-state index in [1.165, 1.54) is 33.3 Å². The number of para-hydroxylation sites is 2. The summed E-state index contributed by atoms with van der Waals surface area (Å²) in [5.41, 5.74) is 1.84. The van der Waals surface area contributed by atoms with E-state index in [4.69, 9.17) is 9.15 Å². The molecule has 3 aromatic rings. The van der Waals surface area contributed by atoms with Gasteiger partial charge in [0.2, 0.25) is 10.0 Å². The average molecular weight is 444 g/mol. The van der Waals surface area contributed by atoms with Gasteiger partial charge < -0.3 is 14.1 Å². The van der Waals surface area contributed by atoms with E-state index in [-0.39, 0.29) is 22.5 Å². The lowest BCUT2D eigenvalue weighted by atomic mass is 9.97. The highest BCUT2D eigenvalue weighted by molar-refractivity contribution is 7.89. The number of hydrogen-bond donors (Lipinski definition) is 0. The Morgan fingerprint density at radius 1 is 1.23 bits per heavy atom. The van der Waals surface area contributed by atoms with E-state index in [9.17, 15) is 13.2 Å². The molecule has 1 fully saturated rings. The van der Waals surface area contributed by atoms with Crippen LogP contribution in [-0.2, 0) is 10.0 Å². The number of piperidine rings is 1. The van der Waals surface area contributed by atoms with Gasteiger partial charge in [0.25, 0.3) is 5.91 Å². The van der Waals surface area contributed by atoms with Gasteiger partial charge in [0.15, 0.2) is 11.5 Å². The minimum Gasteiger partial charge on any atom is -0.495 e. The molecule has 31 heavy (non-hydrogen) atoms. The standard InChI is InChI=1S/C22H25N3O5S/c1-24(2)31(27,28)20-13-15(10-11-19(20)29-3)22(26)25-12-6-7-16(14-25)21-23-17-8-4-5-9-18(17)30-21/h4-5,8-11,13,16H,6-7,12,14H2,1-3H3. The fourth-order valence-corrected chi connectivity index (χ4v) is 4.89. The minimum atomic E-state index is -3.76. The van der Waals surface area contributed by atoms with Crippen LogP contribution >= 0.6 is 0 Å². The summed E-state index contributed by atoms with van der Waals surface area (Å²) in [5, 5.41) is 0. The van der Waals surface area contributed by atoms with Crippen LogP contribution in [0.25, 0.3) is 11.1 Å². The molecule has 0 spiro atoms. The van der Waals surface area contributed by atoms with Crippen molar-refractivity contribution in [2.45, 2.75) is 23.7 Å². The Morgan fingerprint density at radius 3 is 2.71 bits per heavy atom. The topological polar surface area (TPSA) is 93.0 Å². The monoisotopic (exact) mass is 443 g/mol. The van der Waals surface area contributed by atoms with Crippen LogP contribution in [0.2, 0.25) is 0 Å². The number of ether oxygens (including phenoxy) is 1. The van der Waals surface area contributed by atoms with Gasteiger partial charge >= 0.3 is 0 Å². The van der Waals surface area contributed by atoms with E-state index in [2.05, 4.69) is 4.98 Å². The van der Waals surface area contributed by atoms with Crippen molar-refractivity contribution in [3.63, 3.8) is 0 Å². The predicted octanol–water partition coefficient (Wildman–Crippen LogP) is 3.11. The molecular formula is C22H25N3O5S. The number of aromatic nitrogens is 1. The average Bonchev–Trinajstić information content (AvgIpc) is 3.22. The summed E-state index contributed by atoms with van der Waals surface area (Å²) in [4.78, 5) is 19.5. The number of oxazole rings is 1. The van der Waals surface area contributed by atoms with Gasteiger partial charge in [-0.3, -0.25) is 4.79 Å². The largest absolute Gasteiger partial charge is 0.495 e. The molecule has 0 saturated carbocycles. The van der Waals surface area contributed by atoms with Gasteiger partial charge in [0, 0.05) is 32.7 Å². The fraction of sp³-hybridized carbons (Fsp3) is 0.364. The molecule has 9 heteroatoms. The number of rotatable bonds is 5. The highest BCUT2D eigenvalue weighted by atomic mass is 32.2. The number of carbonyl (C=O) groups excluding carboxylic acids is 1. The first kappa shape index (κ1) is 21.3. The second kappa shape index (κ2) is 8.32. The number of likely N-dealkylation sites (tertiary alicyclic amines) is 1. The maximum Gasteiger partial charge on any atom is 0.253 e. The fourth-order valence-electron chi connectivity index (χ4n) is 3.82. The molecule has 4 rings (SSSR count). The minimum absolute atomic E-state index is 0.00618. The summed E-state index contributed by atoms with van der Waals surface area (Å²) < 4.78 is 37.6. The Morgan fingerprint density at radius 2 is 2.00 bits per heavy atom. The highest BCUT2D eigenvalue weighted by Gasteiger charge is 2.30. The van der Waals surface area contributed by atoms with Gasteiger partial charge in [0.1, 0.15) is 16.2 Å². The maximum atomic E-state index is 13.2. The molecule has 1 atom stereocenters. The van der Waals surface area contributed by atoms with Crippen LogP contribution in [-0.4, -0.2) is 62.8 Å². The highest BCUT2D eigenvalue weighted by Crippen LogP contribution is 2.31. The third kappa shape index (κ3) is 4.03. The van der Waals surface area contributed by atoms with Crippen LogP contribution in [0, 0.1) is 0 Å². The van der Waals surface area contributed by atoms with Gasteiger partial charge in [-0.15, -0.1) is 0 Å². The zero-order chi connectivity index (χ0) is 22.2. The van der Waals surface area contributed by atoms with E-state index >= 15 is 0 Å². The number of nitrogens with zero attached hydrogens (tertiary/aromatic N) is 3. The molecule has 2 heterocycles. The lowest BCUT2D eigenvalue weighted by molar-refractivity contribution is 0.0698. The quantitative estimate of drug-likeness (QED) is 0.602. The smallest absolute Gasteiger partial charge is 0.253 e. The third-order valence-electron chi connectivity index (χ3n) is 5.54. The van der Waals surface area contributed by atoms with Crippen LogP contribution in [0.3, 0.4) is 0 Å². The van der Waals surface area contributed by atoms with E-state index in [1.807, 2.05) is 24.3 Å². The van der Waals surface area contributed by atoms with Gasteiger partial charge in [-0.25, -0.2) is 17.7 Å². The first-order valence-corrected chi connectivity index (χ1v) is 11.5. The summed E-state index contributed by atoms with van der Waals surface area (Å²) in [7, 11) is 0.528. The number of methoxy groups -OCH3 is 1. The Labute approximate surface area is 181 Å². The van der Waals surface area contributed by atoms with Crippen molar-refractivity contribution >= 4 is 27.0 Å². The van der Waals surface area contributed by atoms with Crippen molar-refractivity contribution in [1.82, 2.24) is 14.2 Å². The van der Waals surface area contributed by atoms with E-state index in [1.54, 1.807) is 11.0 Å². The maximum absolute atomic E-state index is 13.2. The summed E-state index contributed by atoms with van der Waals surface area (Å²) >= 11 is 0. The number of fused-ring (bicyclic) bond motifs is 1. The van der Waals surface area contributed by atoms with Gasteiger partial charge in [0.05, 0.1) is 13.0 Å². The number of sulfonamides is 1. The van der Waals surface area contributed by atoms with Crippen LogP contribution in [0.1, 0.15) is 35.0 Å². The summed E-state index contributed by atoms with van der Waals surface area (Å²) in [6.45, 7) is 1.06. The second-order valence-electron chi connectivity index (χ2n) is 7.76. The predicted molar refractivity (Wildman–Crippen MR) is 116 cm³/mol. The molecular weight excluding hydrogens is 418 g/mol. The molecule has 1 unspecified atom stereocenters. The van der Waals surface area contributed by atoms with Crippen molar-refractivity contribution < 1.29 is 22.4 Å². The first-order valence-electron chi connectivity index (χ1n) is 10.1. The molecule has 1 aliphatic rings. The van der Waals surface area contributed by atoms with Crippen LogP contribution < -0.4 is 4.74 Å². The zero-order valence-corrected chi connectivity index (χ0v) is 18.6. The molecule has 0 N–H and O–H groups in total. The van der Waals surface area contributed by atoms with Crippen molar-refractivity contribution in [1.29, 1.82) is 0 Å². The molecule has 0 aliphatic carbocycles. The Hall–Kier alpha value is -2.91. The van der Waals surface area contributed by atoms with Crippen molar-refractivity contribution in [3.8, 4) is 5.75 Å². The molecule has 2 aromatic carbocycles. The lowest BCUT2D eigenvalue weighted by Crippen LogP contribution is -2.39.